The Morgan fingerprint density at radius 3 is 2.28 bits per heavy atom. The van der Waals surface area contributed by atoms with Crippen molar-refractivity contribution in [3.63, 3.8) is 0 Å². The average Bonchev–Trinajstić information content (AvgIpc) is 3.06. The number of aromatic nitrogens is 2. The minimum absolute atomic E-state index is 0.110. The number of anilines is 2. The Labute approximate surface area is 175 Å². The SMILES string of the molecule is CN(C)c1ccc(/C=N/NC(=O)c2nc(N(C)C)n(-c3ccccc3)c2Cl)cc1. The summed E-state index contributed by atoms with van der Waals surface area (Å²) in [5.74, 6) is 0.0727. The van der Waals surface area contributed by atoms with Crippen LogP contribution in [0.25, 0.3) is 5.69 Å². The first-order chi connectivity index (χ1) is 13.9. The Balaban J connectivity index is 1.80. The van der Waals surface area contributed by atoms with Crippen LogP contribution in [0.5, 0.6) is 0 Å². The number of nitrogens with zero attached hydrogens (tertiary/aromatic N) is 5. The predicted molar refractivity (Wildman–Crippen MR) is 119 cm³/mol. The van der Waals surface area contributed by atoms with Gasteiger partial charge in [0.15, 0.2) is 5.69 Å². The van der Waals surface area contributed by atoms with Gasteiger partial charge in [-0.3, -0.25) is 9.36 Å². The summed E-state index contributed by atoms with van der Waals surface area (Å²) in [5, 5.41) is 4.26. The number of hydrogen-bond donors (Lipinski definition) is 1. The molecule has 0 spiro atoms. The molecule has 0 saturated heterocycles. The van der Waals surface area contributed by atoms with Gasteiger partial charge in [0.2, 0.25) is 5.95 Å². The van der Waals surface area contributed by atoms with Crippen LogP contribution in [0.2, 0.25) is 5.15 Å². The van der Waals surface area contributed by atoms with Crippen molar-refractivity contribution in [3.8, 4) is 5.69 Å². The van der Waals surface area contributed by atoms with Gasteiger partial charge in [0.05, 0.1) is 6.21 Å². The summed E-state index contributed by atoms with van der Waals surface area (Å²) in [7, 11) is 7.64. The van der Waals surface area contributed by atoms with E-state index in [2.05, 4.69) is 15.5 Å². The van der Waals surface area contributed by atoms with E-state index in [1.54, 1.807) is 15.7 Å². The molecule has 0 aliphatic carbocycles. The quantitative estimate of drug-likeness (QED) is 0.499. The first-order valence-corrected chi connectivity index (χ1v) is 9.38. The van der Waals surface area contributed by atoms with Gasteiger partial charge in [-0.25, -0.2) is 10.4 Å². The van der Waals surface area contributed by atoms with Gasteiger partial charge in [-0.2, -0.15) is 5.10 Å². The van der Waals surface area contributed by atoms with Crippen molar-refractivity contribution in [2.24, 2.45) is 5.10 Å². The number of hydrogen-bond acceptors (Lipinski definition) is 5. The van der Waals surface area contributed by atoms with Crippen LogP contribution in [0, 0.1) is 0 Å². The molecule has 0 fully saturated rings. The smallest absolute Gasteiger partial charge is 0.293 e. The van der Waals surface area contributed by atoms with Gasteiger partial charge >= 0.3 is 0 Å². The van der Waals surface area contributed by atoms with Crippen molar-refractivity contribution in [1.82, 2.24) is 15.0 Å². The zero-order valence-electron chi connectivity index (χ0n) is 16.8. The van der Waals surface area contributed by atoms with E-state index in [9.17, 15) is 4.79 Å². The topological polar surface area (TPSA) is 65.8 Å². The van der Waals surface area contributed by atoms with Crippen molar-refractivity contribution in [1.29, 1.82) is 0 Å². The minimum atomic E-state index is -0.478. The summed E-state index contributed by atoms with van der Waals surface area (Å²) in [6, 6.07) is 17.3. The molecule has 0 bridgehead atoms. The lowest BCUT2D eigenvalue weighted by Crippen LogP contribution is -2.19. The molecule has 29 heavy (non-hydrogen) atoms. The number of para-hydroxylation sites is 1. The zero-order chi connectivity index (χ0) is 21.0. The van der Waals surface area contributed by atoms with Gasteiger partial charge in [-0.1, -0.05) is 41.9 Å². The van der Waals surface area contributed by atoms with Crippen LogP contribution in [0.15, 0.2) is 59.7 Å². The lowest BCUT2D eigenvalue weighted by atomic mass is 10.2. The summed E-state index contributed by atoms with van der Waals surface area (Å²) in [6.07, 6.45) is 1.58. The predicted octanol–water partition coefficient (Wildman–Crippen LogP) is 3.42. The van der Waals surface area contributed by atoms with E-state index in [1.165, 1.54) is 0 Å². The van der Waals surface area contributed by atoms with Crippen LogP contribution in [0.4, 0.5) is 11.6 Å². The molecule has 1 heterocycles. The zero-order valence-corrected chi connectivity index (χ0v) is 17.6. The Morgan fingerprint density at radius 2 is 1.69 bits per heavy atom. The van der Waals surface area contributed by atoms with Crippen molar-refractivity contribution in [2.45, 2.75) is 0 Å². The maximum atomic E-state index is 12.6. The summed E-state index contributed by atoms with van der Waals surface area (Å²) < 4.78 is 1.72. The third-order valence-electron chi connectivity index (χ3n) is 4.22. The summed E-state index contributed by atoms with van der Waals surface area (Å²) in [6.45, 7) is 0. The van der Waals surface area contributed by atoms with E-state index in [1.807, 2.05) is 87.7 Å². The molecule has 7 nitrogen and oxygen atoms in total. The van der Waals surface area contributed by atoms with Crippen molar-refractivity contribution >= 4 is 35.4 Å². The molecule has 1 amide bonds. The standard InChI is InChI=1S/C21H23ClN6O/c1-26(2)16-12-10-15(11-13-16)14-23-25-20(29)18-19(22)28(21(24-18)27(3)4)17-8-6-5-7-9-17/h5-14H,1-4H3,(H,25,29)/b23-14+. The van der Waals surface area contributed by atoms with Crippen LogP contribution >= 0.6 is 11.6 Å². The van der Waals surface area contributed by atoms with Crippen molar-refractivity contribution in [3.05, 3.63) is 71.0 Å². The molecule has 0 aliphatic heterocycles. The Bertz CT molecular complexity index is 1010. The Kier molecular flexibility index (Phi) is 6.19. The van der Waals surface area contributed by atoms with Crippen molar-refractivity contribution in [2.75, 3.05) is 38.0 Å². The maximum absolute atomic E-state index is 12.6. The highest BCUT2D eigenvalue weighted by molar-refractivity contribution is 6.33. The van der Waals surface area contributed by atoms with E-state index in [4.69, 9.17) is 11.6 Å². The fourth-order valence-electron chi connectivity index (χ4n) is 2.72. The first-order valence-electron chi connectivity index (χ1n) is 9.00. The highest BCUT2D eigenvalue weighted by atomic mass is 35.5. The van der Waals surface area contributed by atoms with Gasteiger partial charge in [-0.05, 0) is 29.8 Å². The molecule has 0 aliphatic rings. The lowest BCUT2D eigenvalue weighted by molar-refractivity contribution is 0.0951. The molecule has 3 aromatic rings. The number of rotatable bonds is 6. The molecule has 0 saturated carbocycles. The van der Waals surface area contributed by atoms with E-state index >= 15 is 0 Å². The van der Waals surface area contributed by atoms with E-state index in [0.29, 0.717) is 5.95 Å². The molecular formula is C21H23ClN6O. The van der Waals surface area contributed by atoms with E-state index in [0.717, 1.165) is 16.9 Å². The van der Waals surface area contributed by atoms with E-state index in [-0.39, 0.29) is 10.8 Å². The lowest BCUT2D eigenvalue weighted by Gasteiger charge is -2.14. The fraction of sp³-hybridized carbons (Fsp3) is 0.190. The second-order valence-corrected chi connectivity index (χ2v) is 7.16. The molecule has 8 heteroatoms. The number of carbonyl (C=O) groups is 1. The summed E-state index contributed by atoms with van der Waals surface area (Å²) in [5.41, 5.74) is 5.38. The van der Waals surface area contributed by atoms with Crippen LogP contribution in [0.1, 0.15) is 16.1 Å². The summed E-state index contributed by atoms with van der Waals surface area (Å²) in [4.78, 5) is 20.8. The van der Waals surface area contributed by atoms with Gasteiger partial charge in [0.25, 0.3) is 5.91 Å². The van der Waals surface area contributed by atoms with Crippen LogP contribution in [0.3, 0.4) is 0 Å². The third-order valence-corrected chi connectivity index (χ3v) is 4.57. The number of imidazole rings is 1. The molecule has 3 rings (SSSR count). The van der Waals surface area contributed by atoms with Crippen LogP contribution in [-0.4, -0.2) is 49.9 Å². The molecular weight excluding hydrogens is 388 g/mol. The molecule has 0 unspecified atom stereocenters. The number of benzene rings is 2. The molecule has 1 N–H and O–H groups in total. The number of hydrazone groups is 1. The second-order valence-electron chi connectivity index (χ2n) is 6.80. The largest absolute Gasteiger partial charge is 0.378 e. The Hall–Kier alpha value is -3.32. The number of halogens is 1. The third kappa shape index (κ3) is 4.57. The van der Waals surface area contributed by atoms with Gasteiger partial charge in [0, 0.05) is 39.6 Å². The number of amides is 1. The number of nitrogens with one attached hydrogen (secondary N) is 1. The number of carbonyl (C=O) groups excluding carboxylic acids is 1. The Morgan fingerprint density at radius 1 is 1.03 bits per heavy atom. The van der Waals surface area contributed by atoms with Gasteiger partial charge in [-0.15, -0.1) is 0 Å². The molecule has 0 radical (unpaired) electrons. The molecule has 150 valence electrons. The fourth-order valence-corrected chi connectivity index (χ4v) is 3.02. The second kappa shape index (κ2) is 8.79. The van der Waals surface area contributed by atoms with Gasteiger partial charge in [0.1, 0.15) is 5.15 Å². The van der Waals surface area contributed by atoms with E-state index < -0.39 is 5.91 Å². The van der Waals surface area contributed by atoms with Crippen LogP contribution in [-0.2, 0) is 0 Å². The van der Waals surface area contributed by atoms with Crippen molar-refractivity contribution < 1.29 is 4.79 Å². The summed E-state index contributed by atoms with van der Waals surface area (Å²) >= 11 is 6.50. The monoisotopic (exact) mass is 410 g/mol. The van der Waals surface area contributed by atoms with Crippen LogP contribution < -0.4 is 15.2 Å². The first kappa shape index (κ1) is 20.4. The molecule has 1 aromatic heterocycles. The maximum Gasteiger partial charge on any atom is 0.293 e. The van der Waals surface area contributed by atoms with Gasteiger partial charge < -0.3 is 9.80 Å². The minimum Gasteiger partial charge on any atom is -0.378 e. The highest BCUT2D eigenvalue weighted by Crippen LogP contribution is 2.27. The average molecular weight is 411 g/mol. The molecule has 2 aromatic carbocycles. The molecule has 0 atom stereocenters. The highest BCUT2D eigenvalue weighted by Gasteiger charge is 2.23. The normalized spacial score (nSPS) is 10.9.